The van der Waals surface area contributed by atoms with Crippen molar-refractivity contribution in [3.05, 3.63) is 23.8 Å². The molecule has 0 bridgehead atoms. The molecule has 19 heavy (non-hydrogen) atoms. The lowest BCUT2D eigenvalue weighted by atomic mass is 9.78. The molecule has 0 amide bonds. The zero-order valence-corrected chi connectivity index (χ0v) is 11.7. The lowest BCUT2D eigenvalue weighted by Crippen LogP contribution is -2.37. The molecule has 1 aliphatic heterocycles. The van der Waals surface area contributed by atoms with Crippen molar-refractivity contribution < 1.29 is 14.8 Å². The van der Waals surface area contributed by atoms with Crippen LogP contribution in [0.5, 0.6) is 5.75 Å². The highest BCUT2D eigenvalue weighted by atomic mass is 16.5. The van der Waals surface area contributed by atoms with Gasteiger partial charge in [-0.2, -0.15) is 0 Å². The van der Waals surface area contributed by atoms with Gasteiger partial charge in [0.2, 0.25) is 0 Å². The van der Waals surface area contributed by atoms with E-state index < -0.39 is 7.12 Å². The Morgan fingerprint density at radius 1 is 1.37 bits per heavy atom. The number of likely N-dealkylation sites (tertiary alicyclic amines) is 1. The highest BCUT2D eigenvalue weighted by Crippen LogP contribution is 2.20. The number of rotatable bonds is 4. The number of ether oxygens (including phenoxy) is 1. The molecule has 1 fully saturated rings. The van der Waals surface area contributed by atoms with Crippen molar-refractivity contribution in [2.75, 3.05) is 13.7 Å². The number of benzene rings is 1. The second-order valence-corrected chi connectivity index (χ2v) is 5.27. The van der Waals surface area contributed by atoms with E-state index in [2.05, 4.69) is 11.8 Å². The van der Waals surface area contributed by atoms with Gasteiger partial charge in [-0.25, -0.2) is 0 Å². The summed E-state index contributed by atoms with van der Waals surface area (Å²) < 4.78 is 5.14. The molecule has 1 aromatic rings. The highest BCUT2D eigenvalue weighted by molar-refractivity contribution is 6.59. The third-order valence-electron chi connectivity index (χ3n) is 3.90. The molecule has 0 aromatic heterocycles. The van der Waals surface area contributed by atoms with Crippen molar-refractivity contribution in [3.63, 3.8) is 0 Å². The maximum absolute atomic E-state index is 9.38. The molecule has 0 aliphatic carbocycles. The van der Waals surface area contributed by atoms with Crippen LogP contribution in [0.25, 0.3) is 0 Å². The Morgan fingerprint density at radius 2 is 2.16 bits per heavy atom. The number of hydrogen-bond acceptors (Lipinski definition) is 4. The van der Waals surface area contributed by atoms with Crippen LogP contribution in [0.2, 0.25) is 0 Å². The summed E-state index contributed by atoms with van der Waals surface area (Å²) in [6.45, 7) is 4.22. The van der Waals surface area contributed by atoms with E-state index in [1.807, 2.05) is 12.1 Å². The lowest BCUT2D eigenvalue weighted by molar-refractivity contribution is 0.152. The van der Waals surface area contributed by atoms with Gasteiger partial charge in [-0.15, -0.1) is 0 Å². The van der Waals surface area contributed by atoms with Crippen LogP contribution in [0.15, 0.2) is 18.2 Å². The summed E-state index contributed by atoms with van der Waals surface area (Å²) in [5, 5.41) is 18.8. The van der Waals surface area contributed by atoms with Crippen LogP contribution in [0, 0.1) is 0 Å². The van der Waals surface area contributed by atoms with Gasteiger partial charge in [0.15, 0.2) is 0 Å². The van der Waals surface area contributed by atoms with Crippen molar-refractivity contribution in [2.45, 2.75) is 38.8 Å². The third-order valence-corrected chi connectivity index (χ3v) is 3.90. The fourth-order valence-corrected chi connectivity index (χ4v) is 2.71. The second kappa shape index (κ2) is 6.41. The first kappa shape index (κ1) is 14.4. The first-order chi connectivity index (χ1) is 9.11. The average Bonchev–Trinajstić information content (AvgIpc) is 2.41. The van der Waals surface area contributed by atoms with E-state index in [4.69, 9.17) is 4.74 Å². The van der Waals surface area contributed by atoms with Crippen molar-refractivity contribution in [3.8, 4) is 5.75 Å². The molecule has 1 unspecified atom stereocenters. The van der Waals surface area contributed by atoms with Gasteiger partial charge >= 0.3 is 7.12 Å². The maximum Gasteiger partial charge on any atom is 0.492 e. The summed E-state index contributed by atoms with van der Waals surface area (Å²) in [5.74, 6) is 0.519. The van der Waals surface area contributed by atoms with Gasteiger partial charge in [0, 0.05) is 18.0 Å². The van der Waals surface area contributed by atoms with E-state index in [-0.39, 0.29) is 0 Å². The molecule has 2 N–H and O–H groups in total. The van der Waals surface area contributed by atoms with Crippen LogP contribution in [-0.2, 0) is 6.54 Å². The Kier molecular flexibility index (Phi) is 4.85. The van der Waals surface area contributed by atoms with Crippen LogP contribution in [0.4, 0.5) is 0 Å². The molecule has 4 nitrogen and oxygen atoms in total. The number of hydrogen-bond donors (Lipinski definition) is 2. The molecule has 104 valence electrons. The van der Waals surface area contributed by atoms with Crippen LogP contribution >= 0.6 is 0 Å². The predicted molar refractivity (Wildman–Crippen MR) is 76.5 cm³/mol. The van der Waals surface area contributed by atoms with Crippen LogP contribution < -0.4 is 10.2 Å². The fraction of sp³-hybridized carbons (Fsp3) is 0.571. The number of methoxy groups -OCH3 is 1. The largest absolute Gasteiger partial charge is 0.497 e. The van der Waals surface area contributed by atoms with Gasteiger partial charge < -0.3 is 14.8 Å². The molecule has 2 rings (SSSR count). The summed E-state index contributed by atoms with van der Waals surface area (Å²) in [7, 11) is 0.0434. The van der Waals surface area contributed by atoms with Crippen LogP contribution in [-0.4, -0.2) is 41.8 Å². The first-order valence-electron chi connectivity index (χ1n) is 6.89. The summed E-state index contributed by atoms with van der Waals surface area (Å²) in [6, 6.07) is 6.22. The Hall–Kier alpha value is -1.04. The van der Waals surface area contributed by atoms with E-state index in [0.29, 0.717) is 17.3 Å². The molecule has 0 radical (unpaired) electrons. The topological polar surface area (TPSA) is 52.9 Å². The Morgan fingerprint density at radius 3 is 2.79 bits per heavy atom. The van der Waals surface area contributed by atoms with Gasteiger partial charge in [-0.1, -0.05) is 18.6 Å². The average molecular weight is 263 g/mol. The Balaban J connectivity index is 2.14. The van der Waals surface area contributed by atoms with E-state index >= 15 is 0 Å². The van der Waals surface area contributed by atoms with Crippen molar-refractivity contribution >= 4 is 12.6 Å². The van der Waals surface area contributed by atoms with Gasteiger partial charge in [0.05, 0.1) is 7.11 Å². The minimum absolute atomic E-state index is 0.435. The Bertz CT molecular complexity index is 425. The first-order valence-corrected chi connectivity index (χ1v) is 6.89. The van der Waals surface area contributed by atoms with Gasteiger partial charge in [-0.3, -0.25) is 4.90 Å². The lowest BCUT2D eigenvalue weighted by Gasteiger charge is -2.33. The number of nitrogens with zero attached hydrogens (tertiary/aromatic N) is 1. The monoisotopic (exact) mass is 263 g/mol. The van der Waals surface area contributed by atoms with Crippen LogP contribution in [0.1, 0.15) is 31.7 Å². The Labute approximate surface area is 115 Å². The van der Waals surface area contributed by atoms with Crippen molar-refractivity contribution in [2.24, 2.45) is 0 Å². The SMILES string of the molecule is COc1ccc(CN2CCCCC2C)cc1B(O)O. The molecule has 1 aromatic carbocycles. The predicted octanol–water partition coefficient (Wildman–Crippen LogP) is 0.749. The van der Waals surface area contributed by atoms with E-state index in [1.54, 1.807) is 6.07 Å². The van der Waals surface area contributed by atoms with Gasteiger partial charge in [-0.05, 0) is 37.9 Å². The molecular weight excluding hydrogens is 241 g/mol. The molecule has 1 aliphatic rings. The zero-order chi connectivity index (χ0) is 13.8. The molecule has 0 saturated carbocycles. The van der Waals surface area contributed by atoms with Crippen molar-refractivity contribution in [1.29, 1.82) is 0 Å². The van der Waals surface area contributed by atoms with E-state index in [0.717, 1.165) is 18.7 Å². The quantitative estimate of drug-likeness (QED) is 0.787. The smallest absolute Gasteiger partial charge is 0.492 e. The third kappa shape index (κ3) is 3.50. The van der Waals surface area contributed by atoms with Gasteiger partial charge in [0.25, 0.3) is 0 Å². The minimum Gasteiger partial charge on any atom is -0.497 e. The van der Waals surface area contributed by atoms with Gasteiger partial charge in [0.1, 0.15) is 5.75 Å². The molecular formula is C14H22BNO3. The number of piperidine rings is 1. The summed E-state index contributed by atoms with van der Waals surface area (Å²) >= 11 is 0. The fourth-order valence-electron chi connectivity index (χ4n) is 2.71. The highest BCUT2D eigenvalue weighted by Gasteiger charge is 2.21. The second-order valence-electron chi connectivity index (χ2n) is 5.27. The molecule has 5 heteroatoms. The molecule has 1 atom stereocenters. The van der Waals surface area contributed by atoms with E-state index in [9.17, 15) is 10.0 Å². The normalized spacial score (nSPS) is 20.3. The molecule has 0 spiro atoms. The van der Waals surface area contributed by atoms with Crippen molar-refractivity contribution in [1.82, 2.24) is 4.90 Å². The minimum atomic E-state index is -1.49. The van der Waals surface area contributed by atoms with E-state index in [1.165, 1.54) is 26.4 Å². The standard InChI is InChI=1S/C14H22BNO3/c1-11-5-3-4-8-16(11)10-12-6-7-14(19-2)13(9-12)15(17)18/h6-7,9,11,17-18H,3-5,8,10H2,1-2H3. The maximum atomic E-state index is 9.38. The molecule has 1 saturated heterocycles. The van der Waals surface area contributed by atoms with Crippen LogP contribution in [0.3, 0.4) is 0 Å². The zero-order valence-electron chi connectivity index (χ0n) is 11.7. The summed E-state index contributed by atoms with van der Waals surface area (Å²) in [6.07, 6.45) is 3.79. The molecule has 1 heterocycles. The summed E-state index contributed by atoms with van der Waals surface area (Å²) in [5.41, 5.74) is 1.53. The summed E-state index contributed by atoms with van der Waals surface area (Å²) in [4.78, 5) is 2.44.